The summed E-state index contributed by atoms with van der Waals surface area (Å²) >= 11 is 0. The Kier molecular flexibility index (Phi) is 3.88. The summed E-state index contributed by atoms with van der Waals surface area (Å²) in [6, 6.07) is 2.01. The maximum absolute atomic E-state index is 5.79. The van der Waals surface area contributed by atoms with Gasteiger partial charge in [0.2, 0.25) is 0 Å². The van der Waals surface area contributed by atoms with E-state index in [1.165, 1.54) is 24.8 Å². The highest BCUT2D eigenvalue weighted by Gasteiger charge is 2.40. The molecule has 0 spiro atoms. The molecule has 100 valence electrons. The fraction of sp³-hybridized carbons (Fsp3) is 0.643. The number of rotatable bonds is 5. The molecule has 0 aliphatic heterocycles. The number of likely N-dealkylation sites (N-methyl/N-ethyl adjacent to an activating group) is 2. The van der Waals surface area contributed by atoms with E-state index in [1.54, 1.807) is 0 Å². The Bertz CT molecular complexity index is 399. The van der Waals surface area contributed by atoms with E-state index in [9.17, 15) is 0 Å². The Morgan fingerprint density at radius 1 is 1.33 bits per heavy atom. The molecule has 2 N–H and O–H groups in total. The van der Waals surface area contributed by atoms with Gasteiger partial charge >= 0.3 is 0 Å². The largest absolute Gasteiger partial charge is 0.371 e. The molecule has 0 bridgehead atoms. The summed E-state index contributed by atoms with van der Waals surface area (Å²) in [6.45, 7) is 1.61. The molecule has 1 aliphatic carbocycles. The first-order valence-electron chi connectivity index (χ1n) is 6.60. The highest BCUT2D eigenvalue weighted by atomic mass is 15.2. The van der Waals surface area contributed by atoms with Crippen LogP contribution in [0.1, 0.15) is 24.8 Å². The number of hydrogen-bond donors (Lipinski definition) is 1. The number of pyridine rings is 1. The third kappa shape index (κ3) is 2.35. The van der Waals surface area contributed by atoms with Gasteiger partial charge in [0, 0.05) is 31.9 Å². The van der Waals surface area contributed by atoms with Crippen LogP contribution in [-0.4, -0.2) is 43.1 Å². The lowest BCUT2D eigenvalue weighted by Gasteiger charge is -2.49. The molecule has 0 atom stereocenters. The van der Waals surface area contributed by atoms with E-state index in [4.69, 9.17) is 5.73 Å². The maximum atomic E-state index is 5.79. The second kappa shape index (κ2) is 5.24. The fourth-order valence-corrected chi connectivity index (χ4v) is 2.79. The summed E-state index contributed by atoms with van der Waals surface area (Å²) in [4.78, 5) is 8.89. The first-order chi connectivity index (χ1) is 8.59. The van der Waals surface area contributed by atoms with E-state index >= 15 is 0 Å². The van der Waals surface area contributed by atoms with Gasteiger partial charge in [0.05, 0.1) is 11.9 Å². The topological polar surface area (TPSA) is 45.4 Å². The molecular formula is C14H24N4. The molecule has 1 fully saturated rings. The van der Waals surface area contributed by atoms with Crippen molar-refractivity contribution in [2.24, 2.45) is 5.73 Å². The fourth-order valence-electron chi connectivity index (χ4n) is 2.79. The molecule has 4 nitrogen and oxygen atoms in total. The van der Waals surface area contributed by atoms with Gasteiger partial charge in [-0.05, 0) is 45.0 Å². The Hall–Kier alpha value is -1.13. The minimum absolute atomic E-state index is 0.330. The summed E-state index contributed by atoms with van der Waals surface area (Å²) in [6.07, 6.45) is 7.63. The zero-order valence-electron chi connectivity index (χ0n) is 11.7. The first kappa shape index (κ1) is 13.3. The van der Waals surface area contributed by atoms with E-state index in [2.05, 4.69) is 35.9 Å². The zero-order chi connectivity index (χ0) is 13.2. The van der Waals surface area contributed by atoms with E-state index in [1.807, 2.05) is 18.5 Å². The van der Waals surface area contributed by atoms with Crippen LogP contribution in [0.25, 0.3) is 0 Å². The third-order valence-electron chi connectivity index (χ3n) is 4.28. The monoisotopic (exact) mass is 248 g/mol. The van der Waals surface area contributed by atoms with Crippen molar-refractivity contribution in [3.63, 3.8) is 0 Å². The molecule has 0 unspecified atom stereocenters. The van der Waals surface area contributed by atoms with Crippen molar-refractivity contribution >= 4 is 5.69 Å². The predicted molar refractivity (Wildman–Crippen MR) is 75.7 cm³/mol. The minimum atomic E-state index is 0.330. The molecule has 1 aromatic rings. The number of hydrogen-bond acceptors (Lipinski definition) is 4. The standard InChI is InChI=1S/C14H24N4/c1-17(2)14(6-4-7-14)11-18(3)13-10-16-8-5-12(13)9-15/h5,8,10H,4,6-7,9,11,15H2,1-3H3. The Morgan fingerprint density at radius 2 is 2.06 bits per heavy atom. The van der Waals surface area contributed by atoms with Crippen LogP contribution < -0.4 is 10.6 Å². The molecule has 0 aromatic carbocycles. The van der Waals surface area contributed by atoms with Gasteiger partial charge < -0.3 is 15.5 Å². The van der Waals surface area contributed by atoms with Crippen LogP contribution in [-0.2, 0) is 6.54 Å². The zero-order valence-corrected chi connectivity index (χ0v) is 11.7. The normalized spacial score (nSPS) is 17.6. The second-order valence-electron chi connectivity index (χ2n) is 5.54. The van der Waals surface area contributed by atoms with E-state index in [0.29, 0.717) is 12.1 Å². The quantitative estimate of drug-likeness (QED) is 0.857. The van der Waals surface area contributed by atoms with Crippen LogP contribution in [0, 0.1) is 0 Å². The Balaban J connectivity index is 2.14. The molecular weight excluding hydrogens is 224 g/mol. The Morgan fingerprint density at radius 3 is 2.56 bits per heavy atom. The predicted octanol–water partition coefficient (Wildman–Crippen LogP) is 1.46. The highest BCUT2D eigenvalue weighted by Crippen LogP contribution is 2.37. The SMILES string of the molecule is CN(CC1(N(C)C)CCC1)c1cnccc1CN. The summed E-state index contributed by atoms with van der Waals surface area (Å²) in [7, 11) is 6.50. The van der Waals surface area contributed by atoms with Crippen molar-refractivity contribution in [1.29, 1.82) is 0 Å². The summed E-state index contributed by atoms with van der Waals surface area (Å²) in [5.41, 5.74) is 8.45. The first-order valence-corrected chi connectivity index (χ1v) is 6.60. The number of aromatic nitrogens is 1. The smallest absolute Gasteiger partial charge is 0.0596 e. The van der Waals surface area contributed by atoms with Gasteiger partial charge in [0.15, 0.2) is 0 Å². The van der Waals surface area contributed by atoms with Crippen LogP contribution in [0.3, 0.4) is 0 Å². The van der Waals surface area contributed by atoms with Gasteiger partial charge in [-0.25, -0.2) is 0 Å². The Labute approximate surface area is 110 Å². The third-order valence-corrected chi connectivity index (χ3v) is 4.28. The van der Waals surface area contributed by atoms with Crippen LogP contribution in [0.4, 0.5) is 5.69 Å². The van der Waals surface area contributed by atoms with Crippen LogP contribution >= 0.6 is 0 Å². The average molecular weight is 248 g/mol. The van der Waals surface area contributed by atoms with Gasteiger partial charge in [0.1, 0.15) is 0 Å². The van der Waals surface area contributed by atoms with Crippen LogP contribution in [0.2, 0.25) is 0 Å². The number of anilines is 1. The van der Waals surface area contributed by atoms with Crippen molar-refractivity contribution < 1.29 is 0 Å². The van der Waals surface area contributed by atoms with Crippen LogP contribution in [0.5, 0.6) is 0 Å². The van der Waals surface area contributed by atoms with E-state index < -0.39 is 0 Å². The van der Waals surface area contributed by atoms with Crippen molar-refractivity contribution in [2.75, 3.05) is 32.6 Å². The van der Waals surface area contributed by atoms with Gasteiger partial charge in [-0.3, -0.25) is 4.98 Å². The maximum Gasteiger partial charge on any atom is 0.0596 e. The molecule has 1 aromatic heterocycles. The second-order valence-corrected chi connectivity index (χ2v) is 5.54. The van der Waals surface area contributed by atoms with Gasteiger partial charge in [-0.1, -0.05) is 0 Å². The number of nitrogens with zero attached hydrogens (tertiary/aromatic N) is 3. The molecule has 0 amide bonds. The van der Waals surface area contributed by atoms with Gasteiger partial charge in [-0.2, -0.15) is 0 Å². The molecule has 0 saturated heterocycles. The lowest BCUT2D eigenvalue weighted by Crippen LogP contribution is -2.56. The average Bonchev–Trinajstić information content (AvgIpc) is 2.33. The van der Waals surface area contributed by atoms with Crippen molar-refractivity contribution in [2.45, 2.75) is 31.3 Å². The molecule has 2 rings (SSSR count). The molecule has 0 radical (unpaired) electrons. The minimum Gasteiger partial charge on any atom is -0.371 e. The van der Waals surface area contributed by atoms with E-state index in [-0.39, 0.29) is 0 Å². The number of nitrogens with two attached hydrogens (primary N) is 1. The molecule has 1 aliphatic rings. The van der Waals surface area contributed by atoms with Crippen molar-refractivity contribution in [3.8, 4) is 0 Å². The van der Waals surface area contributed by atoms with Crippen molar-refractivity contribution in [1.82, 2.24) is 9.88 Å². The van der Waals surface area contributed by atoms with Crippen LogP contribution in [0.15, 0.2) is 18.5 Å². The van der Waals surface area contributed by atoms with Gasteiger partial charge in [-0.15, -0.1) is 0 Å². The molecule has 1 saturated carbocycles. The summed E-state index contributed by atoms with van der Waals surface area (Å²) in [5, 5.41) is 0. The molecule has 18 heavy (non-hydrogen) atoms. The molecule has 4 heteroatoms. The summed E-state index contributed by atoms with van der Waals surface area (Å²) in [5.74, 6) is 0. The van der Waals surface area contributed by atoms with Gasteiger partial charge in [0.25, 0.3) is 0 Å². The van der Waals surface area contributed by atoms with Crippen molar-refractivity contribution in [3.05, 3.63) is 24.0 Å². The highest BCUT2D eigenvalue weighted by molar-refractivity contribution is 5.51. The summed E-state index contributed by atoms with van der Waals surface area (Å²) < 4.78 is 0. The van der Waals surface area contributed by atoms with E-state index in [0.717, 1.165) is 12.2 Å². The lowest BCUT2D eigenvalue weighted by molar-refractivity contribution is 0.0683. The molecule has 1 heterocycles. The lowest BCUT2D eigenvalue weighted by atomic mass is 9.75.